The predicted molar refractivity (Wildman–Crippen MR) is 60.6 cm³/mol. The highest BCUT2D eigenvalue weighted by Crippen LogP contribution is 2.31. The zero-order chi connectivity index (χ0) is 11.1. The third-order valence-corrected chi connectivity index (χ3v) is 2.65. The third kappa shape index (κ3) is 1.11. The Morgan fingerprint density at radius 2 is 2.12 bits per heavy atom. The molecule has 0 spiro atoms. The summed E-state index contributed by atoms with van der Waals surface area (Å²) in [7, 11) is 1.90. The monoisotopic (exact) mass is 214 g/mol. The van der Waals surface area contributed by atoms with E-state index in [1.807, 2.05) is 36.1 Å². The molecular formula is C11H10N4O. The fraction of sp³-hybridized carbons (Fsp3) is 0.0909. The number of nitrogen functional groups attached to an aromatic ring is 1. The van der Waals surface area contributed by atoms with Gasteiger partial charge in [-0.05, 0) is 0 Å². The minimum Gasteiger partial charge on any atom is -0.367 e. The predicted octanol–water partition coefficient (Wildman–Crippen LogP) is 1.81. The Bertz CT molecular complexity index is 653. The van der Waals surface area contributed by atoms with E-state index in [4.69, 9.17) is 10.3 Å². The zero-order valence-corrected chi connectivity index (χ0v) is 8.71. The SMILES string of the molecule is Cn1ncc2cccc(-c3cnoc3N)c21. The van der Waals surface area contributed by atoms with E-state index in [9.17, 15) is 0 Å². The number of nitrogens with zero attached hydrogens (tertiary/aromatic N) is 3. The Morgan fingerprint density at radius 1 is 1.25 bits per heavy atom. The van der Waals surface area contributed by atoms with Crippen molar-refractivity contribution in [2.24, 2.45) is 7.05 Å². The van der Waals surface area contributed by atoms with E-state index in [1.54, 1.807) is 6.20 Å². The largest absolute Gasteiger partial charge is 0.367 e. The summed E-state index contributed by atoms with van der Waals surface area (Å²) >= 11 is 0. The van der Waals surface area contributed by atoms with Gasteiger partial charge in [0.05, 0.1) is 23.5 Å². The minimum absolute atomic E-state index is 0.328. The van der Waals surface area contributed by atoms with Crippen LogP contribution in [-0.2, 0) is 7.05 Å². The molecule has 3 rings (SSSR count). The van der Waals surface area contributed by atoms with Crippen LogP contribution in [0.4, 0.5) is 5.88 Å². The van der Waals surface area contributed by atoms with Crippen LogP contribution in [0.5, 0.6) is 0 Å². The number of anilines is 1. The first-order valence-electron chi connectivity index (χ1n) is 4.88. The molecule has 0 radical (unpaired) electrons. The normalized spacial score (nSPS) is 11.1. The van der Waals surface area contributed by atoms with E-state index in [2.05, 4.69) is 10.3 Å². The van der Waals surface area contributed by atoms with E-state index >= 15 is 0 Å². The van der Waals surface area contributed by atoms with Crippen molar-refractivity contribution in [2.45, 2.75) is 0 Å². The molecule has 0 unspecified atom stereocenters. The maximum atomic E-state index is 5.72. The molecule has 0 atom stereocenters. The Balaban J connectivity index is 2.39. The molecule has 16 heavy (non-hydrogen) atoms. The summed E-state index contributed by atoms with van der Waals surface area (Å²) in [5.41, 5.74) is 8.53. The van der Waals surface area contributed by atoms with E-state index in [-0.39, 0.29) is 0 Å². The van der Waals surface area contributed by atoms with Crippen LogP contribution in [0.2, 0.25) is 0 Å². The minimum atomic E-state index is 0.328. The number of benzene rings is 1. The van der Waals surface area contributed by atoms with Crippen LogP contribution >= 0.6 is 0 Å². The van der Waals surface area contributed by atoms with Gasteiger partial charge >= 0.3 is 0 Å². The maximum Gasteiger partial charge on any atom is 0.230 e. The molecule has 0 bridgehead atoms. The molecule has 3 aromatic rings. The number of rotatable bonds is 1. The standard InChI is InChI=1S/C11H10N4O/c1-15-10-7(5-13-15)3-2-4-8(10)9-6-14-16-11(9)12/h2-6H,12H2,1H3. The summed E-state index contributed by atoms with van der Waals surface area (Å²) in [5, 5.41) is 8.98. The van der Waals surface area contributed by atoms with Crippen LogP contribution in [0.3, 0.4) is 0 Å². The molecule has 0 fully saturated rings. The van der Waals surface area contributed by atoms with Crippen molar-refractivity contribution >= 4 is 16.8 Å². The average Bonchev–Trinajstić information content (AvgIpc) is 2.86. The van der Waals surface area contributed by atoms with Crippen molar-refractivity contribution < 1.29 is 4.52 Å². The molecule has 2 aromatic heterocycles. The van der Waals surface area contributed by atoms with E-state index in [0.29, 0.717) is 5.88 Å². The van der Waals surface area contributed by atoms with Gasteiger partial charge < -0.3 is 10.3 Å². The number of nitrogens with two attached hydrogens (primary N) is 1. The van der Waals surface area contributed by atoms with E-state index < -0.39 is 0 Å². The van der Waals surface area contributed by atoms with Gasteiger partial charge in [0.25, 0.3) is 0 Å². The van der Waals surface area contributed by atoms with Crippen LogP contribution in [0.25, 0.3) is 22.0 Å². The molecule has 5 nitrogen and oxygen atoms in total. The number of hydrogen-bond acceptors (Lipinski definition) is 4. The second-order valence-corrected chi connectivity index (χ2v) is 3.62. The molecule has 0 saturated heterocycles. The number of aromatic nitrogens is 3. The summed E-state index contributed by atoms with van der Waals surface area (Å²) in [4.78, 5) is 0. The summed E-state index contributed by atoms with van der Waals surface area (Å²) < 4.78 is 6.70. The number of fused-ring (bicyclic) bond motifs is 1. The van der Waals surface area contributed by atoms with Gasteiger partial charge in [0, 0.05) is 18.0 Å². The fourth-order valence-electron chi connectivity index (χ4n) is 1.90. The molecule has 0 amide bonds. The number of para-hydroxylation sites is 1. The molecule has 0 aliphatic carbocycles. The smallest absolute Gasteiger partial charge is 0.230 e. The summed E-state index contributed by atoms with van der Waals surface area (Å²) in [6, 6.07) is 5.95. The fourth-order valence-corrected chi connectivity index (χ4v) is 1.90. The lowest BCUT2D eigenvalue weighted by atomic mass is 10.1. The summed E-state index contributed by atoms with van der Waals surface area (Å²) in [6.07, 6.45) is 3.44. The van der Waals surface area contributed by atoms with Crippen LogP contribution in [-0.4, -0.2) is 14.9 Å². The highest BCUT2D eigenvalue weighted by atomic mass is 16.5. The number of aryl methyl sites for hydroxylation is 1. The first kappa shape index (κ1) is 8.96. The molecule has 0 saturated carbocycles. The van der Waals surface area contributed by atoms with Crippen LogP contribution in [0.15, 0.2) is 35.1 Å². The van der Waals surface area contributed by atoms with Crippen molar-refractivity contribution in [1.82, 2.24) is 14.9 Å². The lowest BCUT2D eigenvalue weighted by molar-refractivity contribution is 0.436. The molecule has 0 aliphatic rings. The first-order valence-corrected chi connectivity index (χ1v) is 4.88. The van der Waals surface area contributed by atoms with Crippen molar-refractivity contribution in [1.29, 1.82) is 0 Å². The maximum absolute atomic E-state index is 5.72. The molecule has 2 heterocycles. The highest BCUT2D eigenvalue weighted by Gasteiger charge is 2.12. The van der Waals surface area contributed by atoms with Gasteiger partial charge in [-0.25, -0.2) is 0 Å². The Hall–Kier alpha value is -2.30. The molecule has 5 heteroatoms. The Kier molecular flexibility index (Phi) is 1.73. The molecule has 0 aliphatic heterocycles. The molecular weight excluding hydrogens is 204 g/mol. The van der Waals surface area contributed by atoms with E-state index in [0.717, 1.165) is 22.0 Å². The van der Waals surface area contributed by atoms with Crippen molar-refractivity contribution in [3.8, 4) is 11.1 Å². The molecule has 80 valence electrons. The third-order valence-electron chi connectivity index (χ3n) is 2.65. The second-order valence-electron chi connectivity index (χ2n) is 3.62. The molecule has 1 aromatic carbocycles. The lowest BCUT2D eigenvalue weighted by Gasteiger charge is -2.02. The Morgan fingerprint density at radius 3 is 2.88 bits per heavy atom. The Labute approximate surface area is 91.4 Å². The van der Waals surface area contributed by atoms with E-state index in [1.165, 1.54) is 0 Å². The van der Waals surface area contributed by atoms with Crippen molar-refractivity contribution in [3.63, 3.8) is 0 Å². The van der Waals surface area contributed by atoms with Gasteiger partial charge in [0.2, 0.25) is 5.88 Å². The highest BCUT2D eigenvalue weighted by molar-refractivity contribution is 5.95. The van der Waals surface area contributed by atoms with Gasteiger partial charge in [-0.15, -0.1) is 0 Å². The number of hydrogen-bond donors (Lipinski definition) is 1. The zero-order valence-electron chi connectivity index (χ0n) is 8.71. The van der Waals surface area contributed by atoms with Crippen LogP contribution in [0, 0.1) is 0 Å². The average molecular weight is 214 g/mol. The summed E-state index contributed by atoms with van der Waals surface area (Å²) in [6.45, 7) is 0. The molecule has 2 N–H and O–H groups in total. The van der Waals surface area contributed by atoms with Gasteiger partial charge in [-0.3, -0.25) is 4.68 Å². The first-order chi connectivity index (χ1) is 7.77. The second kappa shape index (κ2) is 3.10. The van der Waals surface area contributed by atoms with Gasteiger partial charge in [-0.2, -0.15) is 5.10 Å². The summed E-state index contributed by atoms with van der Waals surface area (Å²) in [5.74, 6) is 0.328. The van der Waals surface area contributed by atoms with Gasteiger partial charge in [0.15, 0.2) is 0 Å². The van der Waals surface area contributed by atoms with Crippen LogP contribution < -0.4 is 5.73 Å². The lowest BCUT2D eigenvalue weighted by Crippen LogP contribution is -1.92. The van der Waals surface area contributed by atoms with Gasteiger partial charge in [0.1, 0.15) is 0 Å². The van der Waals surface area contributed by atoms with Crippen molar-refractivity contribution in [2.75, 3.05) is 5.73 Å². The van der Waals surface area contributed by atoms with Gasteiger partial charge in [-0.1, -0.05) is 23.4 Å². The topological polar surface area (TPSA) is 69.9 Å². The van der Waals surface area contributed by atoms with Crippen LogP contribution in [0.1, 0.15) is 0 Å². The van der Waals surface area contributed by atoms with Crippen molar-refractivity contribution in [3.05, 3.63) is 30.6 Å². The quantitative estimate of drug-likeness (QED) is 0.670.